The Bertz CT molecular complexity index is 1400. The maximum Gasteiger partial charge on any atom is 0.434 e. The monoisotopic (exact) mass is 472 g/mol. The summed E-state index contributed by atoms with van der Waals surface area (Å²) >= 11 is 0. The van der Waals surface area contributed by atoms with Crippen LogP contribution in [0.1, 0.15) is 41.7 Å². The second-order valence-corrected chi connectivity index (χ2v) is 8.14. The van der Waals surface area contributed by atoms with Gasteiger partial charge in [-0.15, -0.1) is 0 Å². The molecule has 4 aromatic rings. The lowest BCUT2D eigenvalue weighted by Gasteiger charge is -2.17. The van der Waals surface area contributed by atoms with Crippen LogP contribution in [0.2, 0.25) is 0 Å². The van der Waals surface area contributed by atoms with Gasteiger partial charge in [-0.25, -0.2) is 4.98 Å². The third kappa shape index (κ3) is 4.20. The van der Waals surface area contributed by atoms with Gasteiger partial charge in [0.15, 0.2) is 5.69 Å². The lowest BCUT2D eigenvalue weighted by Crippen LogP contribution is -2.34. The van der Waals surface area contributed by atoms with E-state index in [1.165, 1.54) is 10.5 Å². The number of halogens is 4. The number of benzene rings is 1. The second kappa shape index (κ2) is 8.47. The van der Waals surface area contributed by atoms with Crippen molar-refractivity contribution in [3.63, 3.8) is 0 Å². The molecule has 0 aliphatic heterocycles. The standard InChI is InChI=1S/C23H20F4N6O/c24-21-15-6-2-7-16(20(15)31-32-21)22(34)29-14-5-1-4-13(10-11-14)28-18-8-3-9-19-30-17(12-33(18)19)23(25,26)27/h2-4,6-9,12,14,28H,1,5,10-11H2,(H,29,34)(H,31,32). The molecule has 1 aromatic carbocycles. The van der Waals surface area contributed by atoms with E-state index >= 15 is 0 Å². The van der Waals surface area contributed by atoms with Crippen molar-refractivity contribution < 1.29 is 22.4 Å². The maximum absolute atomic E-state index is 13.8. The number of amides is 1. The van der Waals surface area contributed by atoms with Gasteiger partial charge in [0.2, 0.25) is 5.95 Å². The predicted molar refractivity (Wildman–Crippen MR) is 118 cm³/mol. The molecular weight excluding hydrogens is 452 g/mol. The highest BCUT2D eigenvalue weighted by molar-refractivity contribution is 6.05. The van der Waals surface area contributed by atoms with Gasteiger partial charge in [-0.3, -0.25) is 14.3 Å². The SMILES string of the molecule is O=C(NC1CCC=C(Nc2cccc3nc(C(F)(F)F)cn23)CC1)c1cccc2c(F)[nH]nc12. The van der Waals surface area contributed by atoms with E-state index in [0.29, 0.717) is 37.1 Å². The van der Waals surface area contributed by atoms with Crippen molar-refractivity contribution in [2.24, 2.45) is 0 Å². The van der Waals surface area contributed by atoms with Gasteiger partial charge >= 0.3 is 6.18 Å². The topological polar surface area (TPSA) is 87.1 Å². The van der Waals surface area contributed by atoms with Crippen molar-refractivity contribution in [1.82, 2.24) is 24.9 Å². The Hall–Kier alpha value is -3.89. The number of para-hydroxylation sites is 1. The molecular formula is C23H20F4N6O. The average molecular weight is 472 g/mol. The summed E-state index contributed by atoms with van der Waals surface area (Å²) in [6.07, 6.45) is 0.999. The second-order valence-electron chi connectivity index (χ2n) is 8.14. The molecule has 3 N–H and O–H groups in total. The number of aromatic nitrogens is 4. The van der Waals surface area contributed by atoms with Crippen molar-refractivity contribution >= 4 is 28.3 Å². The number of pyridine rings is 1. The first-order valence-corrected chi connectivity index (χ1v) is 10.7. The van der Waals surface area contributed by atoms with E-state index in [1.54, 1.807) is 30.3 Å². The summed E-state index contributed by atoms with van der Waals surface area (Å²) in [5.41, 5.74) is 0.661. The number of fused-ring (bicyclic) bond motifs is 2. The Morgan fingerprint density at radius 3 is 2.79 bits per heavy atom. The van der Waals surface area contributed by atoms with Gasteiger partial charge in [0.05, 0.1) is 10.9 Å². The summed E-state index contributed by atoms with van der Waals surface area (Å²) in [6, 6.07) is 9.47. The Balaban J connectivity index is 1.26. The number of imidazole rings is 1. The molecule has 0 fully saturated rings. The third-order valence-electron chi connectivity index (χ3n) is 5.86. The van der Waals surface area contributed by atoms with Crippen LogP contribution >= 0.6 is 0 Å². The zero-order chi connectivity index (χ0) is 23.9. The Morgan fingerprint density at radius 1 is 1.15 bits per heavy atom. The zero-order valence-electron chi connectivity index (χ0n) is 17.8. The molecule has 0 bridgehead atoms. The number of H-pyrrole nitrogens is 1. The molecule has 34 heavy (non-hydrogen) atoms. The molecule has 176 valence electrons. The number of rotatable bonds is 4. The quantitative estimate of drug-likeness (QED) is 0.364. The molecule has 7 nitrogen and oxygen atoms in total. The number of allylic oxidation sites excluding steroid dienone is 2. The molecule has 0 radical (unpaired) electrons. The van der Waals surface area contributed by atoms with E-state index in [2.05, 4.69) is 25.8 Å². The minimum Gasteiger partial charge on any atom is -0.349 e. The van der Waals surface area contributed by atoms with Gasteiger partial charge in [0.1, 0.15) is 17.0 Å². The number of anilines is 1. The number of hydrogen-bond acceptors (Lipinski definition) is 4. The minimum absolute atomic E-state index is 0.122. The number of carbonyl (C=O) groups excluding carboxylic acids is 1. The van der Waals surface area contributed by atoms with Crippen LogP contribution in [0.3, 0.4) is 0 Å². The van der Waals surface area contributed by atoms with Crippen LogP contribution in [0.25, 0.3) is 16.6 Å². The largest absolute Gasteiger partial charge is 0.434 e. The lowest BCUT2D eigenvalue weighted by molar-refractivity contribution is -0.140. The number of alkyl halides is 3. The van der Waals surface area contributed by atoms with Crippen LogP contribution in [-0.4, -0.2) is 31.5 Å². The van der Waals surface area contributed by atoms with Crippen molar-refractivity contribution in [2.75, 3.05) is 5.32 Å². The number of nitrogens with zero attached hydrogens (tertiary/aromatic N) is 3. The van der Waals surface area contributed by atoms with Gasteiger partial charge < -0.3 is 10.6 Å². The van der Waals surface area contributed by atoms with E-state index in [-0.39, 0.29) is 28.5 Å². The first-order chi connectivity index (χ1) is 16.3. The molecule has 1 aliphatic carbocycles. The summed E-state index contributed by atoms with van der Waals surface area (Å²) in [5, 5.41) is 12.6. The van der Waals surface area contributed by atoms with E-state index in [1.807, 2.05) is 6.08 Å². The normalized spacial score (nSPS) is 16.9. The number of carbonyl (C=O) groups is 1. The highest BCUT2D eigenvalue weighted by atomic mass is 19.4. The number of nitrogens with one attached hydrogen (secondary N) is 3. The predicted octanol–water partition coefficient (Wildman–Crippen LogP) is 5.04. The smallest absolute Gasteiger partial charge is 0.349 e. The summed E-state index contributed by atoms with van der Waals surface area (Å²) in [5.74, 6) is -0.447. The lowest BCUT2D eigenvalue weighted by atomic mass is 10.1. The first-order valence-electron chi connectivity index (χ1n) is 10.7. The highest BCUT2D eigenvalue weighted by Crippen LogP contribution is 2.30. The molecule has 3 aromatic heterocycles. The Kier molecular flexibility index (Phi) is 5.46. The fourth-order valence-electron chi connectivity index (χ4n) is 4.16. The number of aromatic amines is 1. The molecule has 1 aliphatic rings. The van der Waals surface area contributed by atoms with Crippen LogP contribution in [0.15, 0.2) is 54.4 Å². The van der Waals surface area contributed by atoms with E-state index in [0.717, 1.165) is 11.9 Å². The molecule has 3 heterocycles. The van der Waals surface area contributed by atoms with Crippen LogP contribution in [0.4, 0.5) is 23.4 Å². The molecule has 5 rings (SSSR count). The molecule has 0 saturated heterocycles. The van der Waals surface area contributed by atoms with E-state index in [4.69, 9.17) is 0 Å². The molecule has 0 saturated carbocycles. The summed E-state index contributed by atoms with van der Waals surface area (Å²) in [6.45, 7) is 0. The molecule has 0 spiro atoms. The van der Waals surface area contributed by atoms with Crippen LogP contribution in [0.5, 0.6) is 0 Å². The first kappa shape index (κ1) is 21.9. The van der Waals surface area contributed by atoms with Crippen molar-refractivity contribution in [2.45, 2.75) is 37.9 Å². The summed E-state index contributed by atoms with van der Waals surface area (Å²) in [7, 11) is 0. The molecule has 1 unspecified atom stereocenters. The third-order valence-corrected chi connectivity index (χ3v) is 5.86. The molecule has 11 heteroatoms. The van der Waals surface area contributed by atoms with Crippen molar-refractivity contribution in [3.05, 3.63) is 71.6 Å². The van der Waals surface area contributed by atoms with E-state index in [9.17, 15) is 22.4 Å². The zero-order valence-corrected chi connectivity index (χ0v) is 17.8. The molecule has 1 atom stereocenters. The van der Waals surface area contributed by atoms with Gasteiger partial charge in [0, 0.05) is 17.9 Å². The Labute approximate surface area is 190 Å². The van der Waals surface area contributed by atoms with Crippen LogP contribution < -0.4 is 10.6 Å². The Morgan fingerprint density at radius 2 is 1.97 bits per heavy atom. The van der Waals surface area contributed by atoms with Gasteiger partial charge in [0.25, 0.3) is 5.91 Å². The molecule has 1 amide bonds. The fraction of sp³-hybridized carbons (Fsp3) is 0.261. The van der Waals surface area contributed by atoms with Gasteiger partial charge in [-0.05, 0) is 49.9 Å². The summed E-state index contributed by atoms with van der Waals surface area (Å²) < 4.78 is 54.3. The fourth-order valence-corrected chi connectivity index (χ4v) is 4.16. The van der Waals surface area contributed by atoms with Crippen LogP contribution in [-0.2, 0) is 6.18 Å². The number of hydrogen-bond donors (Lipinski definition) is 3. The van der Waals surface area contributed by atoms with Gasteiger partial charge in [-0.1, -0.05) is 18.2 Å². The highest BCUT2D eigenvalue weighted by Gasteiger charge is 2.34. The average Bonchev–Trinajstić information content (AvgIpc) is 3.35. The van der Waals surface area contributed by atoms with E-state index < -0.39 is 17.8 Å². The summed E-state index contributed by atoms with van der Waals surface area (Å²) in [4.78, 5) is 16.5. The van der Waals surface area contributed by atoms with Crippen molar-refractivity contribution in [1.29, 1.82) is 0 Å². The van der Waals surface area contributed by atoms with Gasteiger partial charge in [-0.2, -0.15) is 22.7 Å². The minimum atomic E-state index is -4.53. The van der Waals surface area contributed by atoms with Crippen LogP contribution in [0, 0.1) is 5.95 Å². The van der Waals surface area contributed by atoms with Crippen molar-refractivity contribution in [3.8, 4) is 0 Å². The maximum atomic E-state index is 13.8.